The number of aliphatic hydroxyl groups is 1. The van der Waals surface area contributed by atoms with Gasteiger partial charge in [0.2, 0.25) is 76.8 Å². The molecule has 49 heteroatoms. The first-order chi connectivity index (χ1) is 66.9. The van der Waals surface area contributed by atoms with Crippen molar-refractivity contribution in [1.29, 1.82) is 27.0 Å². The first-order valence-electron chi connectivity index (χ1n) is 48.3. The SMILES string of the molecule is CC(=O)O.CCCCCCCCCCCCCC(=O)N[C@@H](CCCNC(=N)N)C(=O)N[C@@H](CC(C)C)C(=O)N[C@@H](Cc1ccc(O)cc1)C(=O)N[C@@H](CCCNC(=N)N)C(=O)N[C@@H](CCCCN)C(=O)N[C@@H](CCCNC(=N)N)C(=O)N[C@H](C(=O)N[C@@H](Cc1c[nH]c2ccccc12)C(=O)N[C@@H](CCCNC(=N)N)C(=O)N[C@@H](CO)C(=O)N[C@@H](C)C(=O)NCC(=O)N[C@@H](CCCNC(=N)N)C(=O)O)[C@@H](C)CC. The van der Waals surface area contributed by atoms with Crippen LogP contribution in [0.1, 0.15) is 233 Å². The first-order valence-corrected chi connectivity index (χ1v) is 48.3. The van der Waals surface area contributed by atoms with E-state index >= 15 is 28.8 Å². The average Bonchev–Trinajstić information content (AvgIpc) is 1.69. The summed E-state index contributed by atoms with van der Waals surface area (Å²) in [6, 6.07) is -5.20. The molecule has 1 aromatic heterocycles. The Balaban J connectivity index is 0.0000165. The highest BCUT2D eigenvalue weighted by atomic mass is 16.4. The van der Waals surface area contributed by atoms with Crippen LogP contribution in [0.3, 0.4) is 0 Å². The van der Waals surface area contributed by atoms with Gasteiger partial charge < -0.3 is 156 Å². The molecule has 0 aliphatic rings. The molecule has 3 aromatic rings. The fourth-order valence-electron chi connectivity index (χ4n) is 14.7. The van der Waals surface area contributed by atoms with Crippen LogP contribution in [0.25, 0.3) is 10.9 Å². The number of carbonyl (C=O) groups is 15. The molecule has 2 aromatic carbocycles. The lowest BCUT2D eigenvalue weighted by molar-refractivity contribution is -0.142. The number of aromatic hydroxyl groups is 1. The Morgan fingerprint density at radius 2 is 0.745 bits per heavy atom. The summed E-state index contributed by atoms with van der Waals surface area (Å²) >= 11 is 0. The number of amides is 13. The summed E-state index contributed by atoms with van der Waals surface area (Å²) in [5.74, 6) is -16.8. The molecule has 790 valence electrons. The lowest BCUT2D eigenvalue weighted by atomic mass is 9.96. The summed E-state index contributed by atoms with van der Waals surface area (Å²) in [5.41, 5.74) is 35.2. The van der Waals surface area contributed by atoms with Crippen LogP contribution in [0.2, 0.25) is 0 Å². The number of aromatic nitrogens is 1. The molecule has 49 nitrogen and oxygen atoms in total. The van der Waals surface area contributed by atoms with Crippen molar-refractivity contribution in [2.45, 2.75) is 307 Å². The third-order valence-electron chi connectivity index (χ3n) is 22.6. The molecule has 0 saturated carbocycles. The van der Waals surface area contributed by atoms with Crippen LogP contribution in [0.4, 0.5) is 0 Å². The lowest BCUT2D eigenvalue weighted by Crippen LogP contribution is -2.62. The average molecular weight is 1990 g/mol. The maximum Gasteiger partial charge on any atom is 0.326 e. The standard InChI is InChI=1S/C90H154N30O17.C2H4O2/c1-7-9-10-11-12-13-14-15-16-17-18-36-71(123)110-61(31-23-42-102-86(92)93)75(126)116-67(47-53(3)4)80(131)117-68(48-56-37-39-58(122)40-38-56)81(132)114-63(32-24-43-103-87(94)95)77(128)112-62(30-21-22-41-91)76(127)113-65(34-26-45-105-89(98)99)79(130)120-73(54(5)8-2)84(135)118-69(49-57-50-107-60-29-20-19-28-59(57)60)82(133)115-64(33-25-44-104-88(96)97)78(129)119-70(52-121)83(134)109-55(6)74(125)108-51-72(124)111-66(85(136)137)35-27-46-106-90(100)101;1-2(3)4/h19-20,28-29,37-40,50,53-55,61-70,73,107,121-122H,7-18,21-27,30-36,41-49,51-52,91H2,1-6H3,(H,108,125)(H,109,134)(H,110,123)(H,111,124)(H,112,128)(H,113,127)(H,114,132)(H,115,133)(H,116,126)(H,117,131)(H,118,135)(H,119,129)(H,120,130)(H,136,137)(H4,92,93,102)(H4,94,95,103)(H4,96,97,104)(H4,98,99,105)(H4,100,101,106);1H3,(H,3,4)/t54-,55-,61-,62-,63-,64-,65-,66-,67-,68-,69-,70-,73-;/m0./s1. The number of carboxylic acids is 2. The van der Waals surface area contributed by atoms with Gasteiger partial charge in [-0.3, -0.25) is 94.2 Å². The van der Waals surface area contributed by atoms with Gasteiger partial charge in [0.1, 0.15) is 78.3 Å². The maximum absolute atomic E-state index is 15.3. The minimum absolute atomic E-state index is 0.00285. The van der Waals surface area contributed by atoms with Gasteiger partial charge in [-0.25, -0.2) is 4.79 Å². The number of para-hydroxylation sites is 1. The molecular weight excluding hydrogens is 1830 g/mol. The molecule has 0 aliphatic heterocycles. The second kappa shape index (κ2) is 69.8. The number of aliphatic hydroxyl groups excluding tert-OH is 1. The van der Waals surface area contributed by atoms with E-state index < -0.39 is 192 Å². The summed E-state index contributed by atoms with van der Waals surface area (Å²) in [6.07, 6.45) is 13.5. The Hall–Kier alpha value is -13.9. The second-order valence-electron chi connectivity index (χ2n) is 35.1. The van der Waals surface area contributed by atoms with Crippen LogP contribution in [0.5, 0.6) is 5.75 Å². The van der Waals surface area contributed by atoms with E-state index in [0.717, 1.165) is 39.0 Å². The van der Waals surface area contributed by atoms with Crippen molar-refractivity contribution < 1.29 is 92.3 Å². The number of hydrogen-bond donors (Lipinski definition) is 34. The number of hydrogen-bond acceptors (Lipinski definition) is 23. The Morgan fingerprint density at radius 3 is 1.17 bits per heavy atom. The van der Waals surface area contributed by atoms with Gasteiger partial charge in [-0.1, -0.05) is 136 Å². The number of aromatic amines is 1. The van der Waals surface area contributed by atoms with Crippen LogP contribution < -0.4 is 130 Å². The van der Waals surface area contributed by atoms with E-state index in [1.54, 1.807) is 44.3 Å². The van der Waals surface area contributed by atoms with Crippen molar-refractivity contribution in [3.8, 4) is 5.75 Å². The van der Waals surface area contributed by atoms with Gasteiger partial charge in [0, 0.05) is 76.0 Å². The second-order valence-corrected chi connectivity index (χ2v) is 35.1. The molecule has 0 radical (unpaired) electrons. The number of guanidine groups is 5. The third-order valence-corrected chi connectivity index (χ3v) is 22.6. The number of phenolic OH excluding ortho intramolecular Hbond substituents is 1. The zero-order valence-electron chi connectivity index (χ0n) is 82.3. The van der Waals surface area contributed by atoms with E-state index in [0.29, 0.717) is 34.9 Å². The topological polar surface area (TPSA) is 845 Å². The zero-order chi connectivity index (χ0) is 105. The molecule has 0 saturated heterocycles. The summed E-state index contributed by atoms with van der Waals surface area (Å²) < 4.78 is 0. The van der Waals surface area contributed by atoms with Crippen molar-refractivity contribution in [1.82, 2.24) is 101 Å². The lowest BCUT2D eigenvalue weighted by Gasteiger charge is -2.30. The molecule has 0 bridgehead atoms. The van der Waals surface area contributed by atoms with Crippen molar-refractivity contribution in [3.05, 3.63) is 65.9 Å². The molecule has 1 heterocycles. The number of carbonyl (C=O) groups excluding carboxylic acids is 13. The summed E-state index contributed by atoms with van der Waals surface area (Å²) in [5, 5.41) is 124. The van der Waals surface area contributed by atoms with Crippen LogP contribution >= 0.6 is 0 Å². The number of nitrogens with one attached hydrogen (secondary N) is 24. The number of fused-ring (bicyclic) bond motifs is 1. The predicted molar refractivity (Wildman–Crippen MR) is 532 cm³/mol. The van der Waals surface area contributed by atoms with Gasteiger partial charge in [-0.15, -0.1) is 0 Å². The van der Waals surface area contributed by atoms with Crippen LogP contribution in [0, 0.1) is 38.9 Å². The van der Waals surface area contributed by atoms with Crippen molar-refractivity contribution in [2.75, 3.05) is 52.4 Å². The van der Waals surface area contributed by atoms with Gasteiger partial charge in [0.05, 0.1) is 13.2 Å². The van der Waals surface area contributed by atoms with Gasteiger partial charge in [-0.05, 0) is 151 Å². The minimum atomic E-state index is -1.80. The Kier molecular flexibility index (Phi) is 61.0. The van der Waals surface area contributed by atoms with E-state index in [1.807, 2.05) is 13.8 Å². The number of aliphatic carboxylic acids is 2. The summed E-state index contributed by atoms with van der Waals surface area (Å²) in [7, 11) is 0. The molecule has 141 heavy (non-hydrogen) atoms. The minimum Gasteiger partial charge on any atom is -0.508 e. The summed E-state index contributed by atoms with van der Waals surface area (Å²) in [6.45, 7) is 10.1. The third kappa shape index (κ3) is 53.7. The normalized spacial score (nSPS) is 13.7. The molecule has 13 atom stereocenters. The van der Waals surface area contributed by atoms with Crippen molar-refractivity contribution in [2.24, 2.45) is 46.2 Å². The quantitative estimate of drug-likeness (QED) is 0.0165. The highest BCUT2D eigenvalue weighted by Crippen LogP contribution is 2.22. The highest BCUT2D eigenvalue weighted by Gasteiger charge is 2.39. The van der Waals surface area contributed by atoms with Crippen molar-refractivity contribution >= 4 is 129 Å². The maximum atomic E-state index is 15.3. The number of nitrogens with two attached hydrogens (primary N) is 6. The molecule has 0 fully saturated rings. The van der Waals surface area contributed by atoms with Gasteiger partial charge in [0.25, 0.3) is 5.97 Å². The Labute approximate surface area is 823 Å². The largest absolute Gasteiger partial charge is 0.508 e. The monoisotopic (exact) mass is 1990 g/mol. The number of rotatable bonds is 71. The predicted octanol–water partition coefficient (Wildman–Crippen LogP) is -1.98. The molecule has 0 aliphatic carbocycles. The molecule has 0 spiro atoms. The summed E-state index contributed by atoms with van der Waals surface area (Å²) in [4.78, 5) is 212. The number of benzene rings is 2. The molecular formula is C92H158N30O19. The van der Waals surface area contributed by atoms with Gasteiger partial charge in [0.15, 0.2) is 29.8 Å². The molecule has 13 amide bonds. The number of phenols is 1. The van der Waals surface area contributed by atoms with Crippen molar-refractivity contribution in [3.63, 3.8) is 0 Å². The zero-order valence-corrected chi connectivity index (χ0v) is 82.3. The van der Waals surface area contributed by atoms with Crippen LogP contribution in [-0.4, -0.2) is 269 Å². The smallest absolute Gasteiger partial charge is 0.326 e. The Bertz CT molecular complexity index is 4480. The fourth-order valence-corrected chi connectivity index (χ4v) is 14.7. The van der Waals surface area contributed by atoms with Crippen LogP contribution in [-0.2, 0) is 84.8 Å². The van der Waals surface area contributed by atoms with E-state index in [4.69, 9.17) is 71.3 Å². The van der Waals surface area contributed by atoms with E-state index in [9.17, 15) is 53.7 Å². The first kappa shape index (κ1) is 123. The molecule has 40 N–H and O–H groups in total. The molecule has 0 unspecified atom stereocenters. The number of unbranched alkanes of at least 4 members (excludes halogenated alkanes) is 11. The number of carboxylic acid groups (broad SMARTS) is 2. The molecule has 3 rings (SSSR count). The van der Waals surface area contributed by atoms with E-state index in [1.165, 1.54) is 63.3 Å². The number of H-pyrrole nitrogens is 1. The van der Waals surface area contributed by atoms with E-state index in [2.05, 4.69) is 108 Å². The fraction of sp³-hybridized carbons (Fsp3) is 0.630. The highest BCUT2D eigenvalue weighted by molar-refractivity contribution is 6.01. The van der Waals surface area contributed by atoms with E-state index in [-0.39, 0.29) is 178 Å². The van der Waals surface area contributed by atoms with Gasteiger partial charge in [-0.2, -0.15) is 0 Å². The van der Waals surface area contributed by atoms with Gasteiger partial charge >= 0.3 is 5.97 Å². The Morgan fingerprint density at radius 1 is 0.383 bits per heavy atom. The van der Waals surface area contributed by atoms with Crippen LogP contribution in [0.15, 0.2) is 54.7 Å².